The molecule has 1 amide bonds. The number of ether oxygens (including phenoxy) is 1. The average molecular weight is 236 g/mol. The molecule has 1 aromatic heterocycles. The molecule has 0 aliphatic heterocycles. The van der Waals surface area contributed by atoms with Gasteiger partial charge in [-0.1, -0.05) is 6.07 Å². The molecule has 0 saturated carbocycles. The van der Waals surface area contributed by atoms with E-state index in [1.807, 2.05) is 0 Å². The van der Waals surface area contributed by atoms with E-state index in [-0.39, 0.29) is 6.54 Å². The monoisotopic (exact) mass is 236 g/mol. The first-order chi connectivity index (χ1) is 8.11. The molecule has 0 fully saturated rings. The fourth-order valence-electron chi connectivity index (χ4n) is 1.03. The number of nitrogens with one attached hydrogen (secondary N) is 1. The topological polar surface area (TPSA) is 88.5 Å². The van der Waals surface area contributed by atoms with Crippen molar-refractivity contribution >= 4 is 11.9 Å². The molecule has 0 saturated heterocycles. The van der Waals surface area contributed by atoms with E-state index >= 15 is 0 Å². The van der Waals surface area contributed by atoms with Gasteiger partial charge in [0.15, 0.2) is 0 Å². The Kier molecular flexibility index (Phi) is 4.68. The number of aliphatic carboxylic acids is 1. The smallest absolute Gasteiger partial charge is 0.328 e. The van der Waals surface area contributed by atoms with Gasteiger partial charge in [0.1, 0.15) is 0 Å². The second-order valence-electron chi connectivity index (χ2n) is 3.10. The minimum Gasteiger partial charge on any atom is -0.481 e. The van der Waals surface area contributed by atoms with Crippen molar-refractivity contribution in [1.29, 1.82) is 0 Å². The van der Waals surface area contributed by atoms with Crippen LogP contribution in [0.2, 0.25) is 0 Å². The van der Waals surface area contributed by atoms with Gasteiger partial charge in [-0.05, 0) is 5.56 Å². The van der Waals surface area contributed by atoms with Crippen molar-refractivity contribution in [2.45, 2.75) is 6.54 Å². The van der Waals surface area contributed by atoms with Gasteiger partial charge >= 0.3 is 5.97 Å². The predicted molar refractivity (Wildman–Crippen MR) is 59.4 cm³/mol. The Hall–Kier alpha value is -2.37. The largest absolute Gasteiger partial charge is 0.481 e. The number of rotatable bonds is 5. The standard InChI is InChI=1S/C11H12N2O4/c1-17-10-4-2-8(7-13-10)6-12-9(14)3-5-11(15)16/h2-5,7H,6H2,1H3,(H,12,14)(H,15,16)/b5-3+. The van der Waals surface area contributed by atoms with Crippen LogP contribution in [0.5, 0.6) is 5.88 Å². The molecule has 0 atom stereocenters. The number of methoxy groups -OCH3 is 1. The van der Waals surface area contributed by atoms with Gasteiger partial charge < -0.3 is 15.2 Å². The Morgan fingerprint density at radius 2 is 2.24 bits per heavy atom. The zero-order chi connectivity index (χ0) is 12.7. The summed E-state index contributed by atoms with van der Waals surface area (Å²) in [5, 5.41) is 10.8. The van der Waals surface area contributed by atoms with E-state index in [1.165, 1.54) is 7.11 Å². The first-order valence-corrected chi connectivity index (χ1v) is 4.79. The summed E-state index contributed by atoms with van der Waals surface area (Å²) in [6.07, 6.45) is 3.31. The van der Waals surface area contributed by atoms with Crippen LogP contribution in [0.25, 0.3) is 0 Å². The van der Waals surface area contributed by atoms with E-state index in [2.05, 4.69) is 10.3 Å². The van der Waals surface area contributed by atoms with E-state index in [4.69, 9.17) is 9.84 Å². The highest BCUT2D eigenvalue weighted by atomic mass is 16.5. The molecule has 0 unspecified atom stereocenters. The maximum Gasteiger partial charge on any atom is 0.328 e. The highest BCUT2D eigenvalue weighted by Gasteiger charge is 1.99. The number of hydrogen-bond acceptors (Lipinski definition) is 4. The maximum absolute atomic E-state index is 11.1. The summed E-state index contributed by atoms with van der Waals surface area (Å²) < 4.78 is 4.88. The fourth-order valence-corrected chi connectivity index (χ4v) is 1.03. The first kappa shape index (κ1) is 12.7. The van der Waals surface area contributed by atoms with Crippen molar-refractivity contribution in [2.24, 2.45) is 0 Å². The Labute approximate surface area is 97.9 Å². The van der Waals surface area contributed by atoms with E-state index in [0.29, 0.717) is 5.88 Å². The number of carbonyl (C=O) groups excluding carboxylic acids is 1. The fraction of sp³-hybridized carbons (Fsp3) is 0.182. The SMILES string of the molecule is COc1ccc(CNC(=O)/C=C/C(=O)O)cn1. The van der Waals surface area contributed by atoms with Crippen molar-refractivity contribution in [3.05, 3.63) is 36.0 Å². The minimum atomic E-state index is -1.16. The van der Waals surface area contributed by atoms with E-state index in [1.54, 1.807) is 18.3 Å². The molecule has 6 nitrogen and oxygen atoms in total. The lowest BCUT2D eigenvalue weighted by Gasteiger charge is -2.03. The molecule has 2 N–H and O–H groups in total. The second-order valence-corrected chi connectivity index (χ2v) is 3.10. The molecule has 1 rings (SSSR count). The summed E-state index contributed by atoms with van der Waals surface area (Å²) in [5.74, 6) is -1.14. The quantitative estimate of drug-likeness (QED) is 0.720. The van der Waals surface area contributed by atoms with Crippen LogP contribution >= 0.6 is 0 Å². The molecule has 0 radical (unpaired) electrons. The lowest BCUT2D eigenvalue weighted by atomic mass is 10.3. The zero-order valence-corrected chi connectivity index (χ0v) is 9.21. The first-order valence-electron chi connectivity index (χ1n) is 4.79. The van der Waals surface area contributed by atoms with Gasteiger partial charge in [-0.15, -0.1) is 0 Å². The average Bonchev–Trinajstić information content (AvgIpc) is 2.34. The molecular weight excluding hydrogens is 224 g/mol. The Bertz CT molecular complexity index is 426. The van der Waals surface area contributed by atoms with Gasteiger partial charge in [0.25, 0.3) is 0 Å². The number of carboxylic acid groups (broad SMARTS) is 1. The number of carbonyl (C=O) groups is 2. The van der Waals surface area contributed by atoms with Crippen molar-refractivity contribution in [1.82, 2.24) is 10.3 Å². The number of carboxylic acids is 1. The van der Waals surface area contributed by atoms with Crippen LogP contribution in [-0.4, -0.2) is 29.1 Å². The van der Waals surface area contributed by atoms with E-state index in [9.17, 15) is 9.59 Å². The zero-order valence-electron chi connectivity index (χ0n) is 9.21. The van der Waals surface area contributed by atoms with Gasteiger partial charge in [-0.3, -0.25) is 4.79 Å². The van der Waals surface area contributed by atoms with Crippen LogP contribution in [0.1, 0.15) is 5.56 Å². The van der Waals surface area contributed by atoms with Crippen LogP contribution in [0.3, 0.4) is 0 Å². The molecule has 0 aliphatic carbocycles. The highest BCUT2D eigenvalue weighted by molar-refractivity contribution is 5.93. The van der Waals surface area contributed by atoms with Crippen LogP contribution in [0.4, 0.5) is 0 Å². The third-order valence-corrected chi connectivity index (χ3v) is 1.85. The number of nitrogens with zero attached hydrogens (tertiary/aromatic N) is 1. The second kappa shape index (κ2) is 6.26. The Morgan fingerprint density at radius 1 is 1.47 bits per heavy atom. The van der Waals surface area contributed by atoms with Gasteiger partial charge in [0.05, 0.1) is 7.11 Å². The lowest BCUT2D eigenvalue weighted by molar-refractivity contribution is -0.131. The van der Waals surface area contributed by atoms with E-state index < -0.39 is 11.9 Å². The van der Waals surface area contributed by atoms with Gasteiger partial charge in [0, 0.05) is 31.0 Å². The number of aromatic nitrogens is 1. The summed E-state index contributed by atoms with van der Waals surface area (Å²) >= 11 is 0. The molecule has 6 heteroatoms. The van der Waals surface area contributed by atoms with Crippen molar-refractivity contribution in [2.75, 3.05) is 7.11 Å². The van der Waals surface area contributed by atoms with Gasteiger partial charge in [-0.2, -0.15) is 0 Å². The third-order valence-electron chi connectivity index (χ3n) is 1.85. The minimum absolute atomic E-state index is 0.278. The number of hydrogen-bond donors (Lipinski definition) is 2. The van der Waals surface area contributed by atoms with Gasteiger partial charge in [-0.25, -0.2) is 9.78 Å². The predicted octanol–water partition coefficient (Wildman–Crippen LogP) is 0.347. The van der Waals surface area contributed by atoms with Crippen molar-refractivity contribution < 1.29 is 19.4 Å². The third kappa shape index (κ3) is 4.78. The molecule has 0 bridgehead atoms. The molecule has 90 valence electrons. The maximum atomic E-state index is 11.1. The van der Waals surface area contributed by atoms with Gasteiger partial charge in [0.2, 0.25) is 11.8 Å². The van der Waals surface area contributed by atoms with Crippen molar-refractivity contribution in [3.63, 3.8) is 0 Å². The van der Waals surface area contributed by atoms with Crippen molar-refractivity contribution in [3.8, 4) is 5.88 Å². The summed E-state index contributed by atoms with van der Waals surface area (Å²) in [5.41, 5.74) is 0.794. The highest BCUT2D eigenvalue weighted by Crippen LogP contribution is 2.05. The summed E-state index contributed by atoms with van der Waals surface area (Å²) in [6.45, 7) is 0.278. The van der Waals surface area contributed by atoms with Crippen LogP contribution in [-0.2, 0) is 16.1 Å². The van der Waals surface area contributed by atoms with Crippen LogP contribution in [0, 0.1) is 0 Å². The molecule has 0 aliphatic rings. The lowest BCUT2D eigenvalue weighted by Crippen LogP contribution is -2.20. The van der Waals surface area contributed by atoms with E-state index in [0.717, 1.165) is 17.7 Å². The summed E-state index contributed by atoms with van der Waals surface area (Å²) in [7, 11) is 1.51. The molecule has 1 aromatic rings. The number of pyridine rings is 1. The summed E-state index contributed by atoms with van der Waals surface area (Å²) in [6, 6.07) is 3.43. The summed E-state index contributed by atoms with van der Waals surface area (Å²) in [4.78, 5) is 25.3. The molecule has 17 heavy (non-hydrogen) atoms. The number of amides is 1. The van der Waals surface area contributed by atoms with Crippen LogP contribution < -0.4 is 10.1 Å². The van der Waals surface area contributed by atoms with Crippen LogP contribution in [0.15, 0.2) is 30.5 Å². The molecular formula is C11H12N2O4. The molecule has 0 spiro atoms. The normalized spacial score (nSPS) is 10.2. The molecule has 0 aromatic carbocycles. The molecule has 1 heterocycles. The Morgan fingerprint density at radius 3 is 2.76 bits per heavy atom. The Balaban J connectivity index is 2.44.